The van der Waals surface area contributed by atoms with Gasteiger partial charge in [0.1, 0.15) is 10.6 Å². The van der Waals surface area contributed by atoms with Gasteiger partial charge in [-0.25, -0.2) is 4.79 Å². The number of carboxylic acids is 1. The van der Waals surface area contributed by atoms with E-state index in [-0.39, 0.29) is 23.8 Å². The molecular formula is C14H12ClNO4S. The predicted molar refractivity (Wildman–Crippen MR) is 81.5 cm³/mol. The minimum absolute atomic E-state index is 0.158. The Kier molecular flexibility index (Phi) is 5.19. The zero-order valence-electron chi connectivity index (χ0n) is 10.8. The van der Waals surface area contributed by atoms with Crippen LogP contribution in [0.25, 0.3) is 0 Å². The molecule has 2 rings (SSSR count). The summed E-state index contributed by atoms with van der Waals surface area (Å²) in [5.74, 6) is -0.743. The molecule has 0 radical (unpaired) electrons. The van der Waals surface area contributed by atoms with Crippen molar-refractivity contribution in [2.24, 2.45) is 0 Å². The van der Waals surface area contributed by atoms with Gasteiger partial charge in [-0.15, -0.1) is 11.3 Å². The molecule has 0 unspecified atom stereocenters. The Labute approximate surface area is 130 Å². The van der Waals surface area contributed by atoms with Gasteiger partial charge in [0.25, 0.3) is 0 Å². The van der Waals surface area contributed by atoms with Crippen LogP contribution in [0.5, 0.6) is 5.75 Å². The molecular weight excluding hydrogens is 314 g/mol. The summed E-state index contributed by atoms with van der Waals surface area (Å²) in [7, 11) is 0. The SMILES string of the molecule is O=C(CCOc1csc(C(=O)O)c1)Nc1cccc(Cl)c1. The first-order chi connectivity index (χ1) is 10.0. The number of benzene rings is 1. The highest BCUT2D eigenvalue weighted by atomic mass is 35.5. The van der Waals surface area contributed by atoms with Crippen molar-refractivity contribution in [3.8, 4) is 5.75 Å². The van der Waals surface area contributed by atoms with Gasteiger partial charge >= 0.3 is 5.97 Å². The highest BCUT2D eigenvalue weighted by Crippen LogP contribution is 2.21. The number of nitrogens with one attached hydrogen (secondary N) is 1. The first-order valence-corrected chi connectivity index (χ1v) is 7.30. The summed E-state index contributed by atoms with van der Waals surface area (Å²) >= 11 is 6.90. The fourth-order valence-electron chi connectivity index (χ4n) is 1.56. The second kappa shape index (κ2) is 7.10. The number of rotatable bonds is 6. The third-order valence-electron chi connectivity index (χ3n) is 2.49. The second-order valence-electron chi connectivity index (χ2n) is 4.11. The van der Waals surface area contributed by atoms with Crippen LogP contribution in [0.3, 0.4) is 0 Å². The Morgan fingerprint density at radius 2 is 2.14 bits per heavy atom. The van der Waals surface area contributed by atoms with Crippen molar-refractivity contribution in [3.63, 3.8) is 0 Å². The van der Waals surface area contributed by atoms with Crippen LogP contribution in [0.15, 0.2) is 35.7 Å². The van der Waals surface area contributed by atoms with Crippen molar-refractivity contribution in [2.45, 2.75) is 6.42 Å². The molecule has 0 aliphatic heterocycles. The molecule has 0 bridgehead atoms. The third-order valence-corrected chi connectivity index (χ3v) is 3.62. The minimum atomic E-state index is -0.992. The summed E-state index contributed by atoms with van der Waals surface area (Å²) in [5.41, 5.74) is 0.621. The van der Waals surface area contributed by atoms with Gasteiger partial charge in [0.15, 0.2) is 0 Å². The summed E-state index contributed by atoms with van der Waals surface area (Å²) in [6.07, 6.45) is 0.158. The number of hydrogen-bond acceptors (Lipinski definition) is 4. The average molecular weight is 326 g/mol. The lowest BCUT2D eigenvalue weighted by Gasteiger charge is -2.06. The molecule has 1 heterocycles. The van der Waals surface area contributed by atoms with Crippen molar-refractivity contribution < 1.29 is 19.4 Å². The van der Waals surface area contributed by atoms with E-state index in [0.717, 1.165) is 11.3 Å². The Balaban J connectivity index is 1.77. The van der Waals surface area contributed by atoms with E-state index in [4.69, 9.17) is 21.4 Å². The lowest BCUT2D eigenvalue weighted by atomic mass is 10.3. The summed E-state index contributed by atoms with van der Waals surface area (Å²) in [6, 6.07) is 8.28. The van der Waals surface area contributed by atoms with Crippen molar-refractivity contribution in [1.29, 1.82) is 0 Å². The van der Waals surface area contributed by atoms with Gasteiger partial charge in [0, 0.05) is 22.2 Å². The average Bonchev–Trinajstić information content (AvgIpc) is 2.87. The maximum absolute atomic E-state index is 11.7. The number of carbonyl (C=O) groups excluding carboxylic acids is 1. The number of thiophene rings is 1. The van der Waals surface area contributed by atoms with Crippen LogP contribution < -0.4 is 10.1 Å². The number of aromatic carboxylic acids is 1. The zero-order valence-corrected chi connectivity index (χ0v) is 12.4. The number of carboxylic acid groups (broad SMARTS) is 1. The van der Waals surface area contributed by atoms with Gasteiger partial charge in [-0.3, -0.25) is 4.79 Å². The molecule has 21 heavy (non-hydrogen) atoms. The largest absolute Gasteiger partial charge is 0.492 e. The van der Waals surface area contributed by atoms with Gasteiger partial charge in [0.2, 0.25) is 5.91 Å². The number of carbonyl (C=O) groups is 2. The molecule has 0 atom stereocenters. The van der Waals surface area contributed by atoms with E-state index in [1.807, 2.05) is 0 Å². The number of hydrogen-bond donors (Lipinski definition) is 2. The number of halogens is 1. The summed E-state index contributed by atoms with van der Waals surface area (Å²) in [6.45, 7) is 0.169. The predicted octanol–water partition coefficient (Wildman–Crippen LogP) is 3.51. The molecule has 1 aromatic carbocycles. The highest BCUT2D eigenvalue weighted by Gasteiger charge is 2.08. The minimum Gasteiger partial charge on any atom is -0.492 e. The number of ether oxygens (including phenoxy) is 1. The standard InChI is InChI=1S/C14H12ClNO4S/c15-9-2-1-3-10(6-9)16-13(17)4-5-20-11-7-12(14(18)19)21-8-11/h1-3,6-8H,4-5H2,(H,16,17)(H,18,19). The summed E-state index contributed by atoms with van der Waals surface area (Å²) in [4.78, 5) is 22.6. The van der Waals surface area contributed by atoms with E-state index in [9.17, 15) is 9.59 Å². The summed E-state index contributed by atoms with van der Waals surface area (Å²) < 4.78 is 5.33. The van der Waals surface area contributed by atoms with Crippen LogP contribution in [0.2, 0.25) is 5.02 Å². The molecule has 1 amide bonds. The van der Waals surface area contributed by atoms with Crippen LogP contribution in [-0.4, -0.2) is 23.6 Å². The molecule has 2 N–H and O–H groups in total. The van der Waals surface area contributed by atoms with Crippen molar-refractivity contribution >= 4 is 40.5 Å². The molecule has 2 aromatic rings. The molecule has 0 fully saturated rings. The van der Waals surface area contributed by atoms with Crippen molar-refractivity contribution in [1.82, 2.24) is 0 Å². The van der Waals surface area contributed by atoms with Crippen LogP contribution in [0.4, 0.5) is 5.69 Å². The van der Waals surface area contributed by atoms with Gasteiger partial charge < -0.3 is 15.2 Å². The fraction of sp³-hybridized carbons (Fsp3) is 0.143. The van der Waals surface area contributed by atoms with Crippen LogP contribution >= 0.6 is 22.9 Å². The molecule has 5 nitrogen and oxygen atoms in total. The second-order valence-corrected chi connectivity index (χ2v) is 5.46. The molecule has 0 spiro atoms. The van der Waals surface area contributed by atoms with E-state index >= 15 is 0 Å². The van der Waals surface area contributed by atoms with E-state index in [1.165, 1.54) is 6.07 Å². The molecule has 0 aliphatic rings. The number of amides is 1. The van der Waals surface area contributed by atoms with E-state index in [1.54, 1.807) is 29.6 Å². The molecule has 110 valence electrons. The van der Waals surface area contributed by atoms with Gasteiger partial charge in [-0.2, -0.15) is 0 Å². The Morgan fingerprint density at radius 3 is 2.81 bits per heavy atom. The van der Waals surface area contributed by atoms with E-state index in [0.29, 0.717) is 16.5 Å². The quantitative estimate of drug-likeness (QED) is 0.852. The highest BCUT2D eigenvalue weighted by molar-refractivity contribution is 7.12. The van der Waals surface area contributed by atoms with Gasteiger partial charge in [-0.05, 0) is 18.2 Å². The third kappa shape index (κ3) is 4.77. The van der Waals surface area contributed by atoms with E-state index < -0.39 is 5.97 Å². The molecule has 1 aromatic heterocycles. The van der Waals surface area contributed by atoms with Crippen molar-refractivity contribution in [3.05, 3.63) is 45.6 Å². The Hall–Kier alpha value is -2.05. The van der Waals surface area contributed by atoms with Crippen LogP contribution in [0.1, 0.15) is 16.1 Å². The monoisotopic (exact) mass is 325 g/mol. The van der Waals surface area contributed by atoms with Crippen molar-refractivity contribution in [2.75, 3.05) is 11.9 Å². The normalized spacial score (nSPS) is 10.1. The molecule has 0 saturated heterocycles. The molecule has 0 aliphatic carbocycles. The summed E-state index contributed by atoms with van der Waals surface area (Å²) in [5, 5.41) is 13.6. The molecule has 7 heteroatoms. The maximum atomic E-state index is 11.7. The van der Waals surface area contributed by atoms with E-state index in [2.05, 4.69) is 5.32 Å². The lowest BCUT2D eigenvalue weighted by molar-refractivity contribution is -0.116. The topological polar surface area (TPSA) is 75.6 Å². The van der Waals surface area contributed by atoms with Crippen LogP contribution in [-0.2, 0) is 4.79 Å². The number of anilines is 1. The maximum Gasteiger partial charge on any atom is 0.346 e. The zero-order chi connectivity index (χ0) is 15.2. The Bertz CT molecular complexity index is 656. The molecule has 0 saturated carbocycles. The lowest BCUT2D eigenvalue weighted by Crippen LogP contribution is -2.15. The van der Waals surface area contributed by atoms with Gasteiger partial charge in [0.05, 0.1) is 13.0 Å². The fourth-order valence-corrected chi connectivity index (χ4v) is 2.41. The first-order valence-electron chi connectivity index (χ1n) is 6.04. The first kappa shape index (κ1) is 15.3. The smallest absolute Gasteiger partial charge is 0.346 e. The Morgan fingerprint density at radius 1 is 1.33 bits per heavy atom. The van der Waals surface area contributed by atoms with Crippen LogP contribution in [0, 0.1) is 0 Å². The van der Waals surface area contributed by atoms with Gasteiger partial charge in [-0.1, -0.05) is 17.7 Å².